The van der Waals surface area contributed by atoms with Gasteiger partial charge in [-0.2, -0.15) is 13.2 Å². The Labute approximate surface area is 100 Å². The summed E-state index contributed by atoms with van der Waals surface area (Å²) < 4.78 is 37.0. The Hall–Kier alpha value is -1.56. The summed E-state index contributed by atoms with van der Waals surface area (Å²) >= 11 is 0.938. The van der Waals surface area contributed by atoms with E-state index < -0.39 is 11.9 Å². The van der Waals surface area contributed by atoms with Crippen molar-refractivity contribution in [2.75, 3.05) is 5.32 Å². The van der Waals surface area contributed by atoms with Gasteiger partial charge in [-0.15, -0.1) is 11.3 Å². The van der Waals surface area contributed by atoms with Crippen LogP contribution in [-0.2, 0) is 6.18 Å². The van der Waals surface area contributed by atoms with Gasteiger partial charge in [0.05, 0.1) is 0 Å². The van der Waals surface area contributed by atoms with Crippen LogP contribution in [0.1, 0.15) is 11.3 Å². The van der Waals surface area contributed by atoms with Crippen molar-refractivity contribution in [2.24, 2.45) is 0 Å². The predicted octanol–water partition coefficient (Wildman–Crippen LogP) is 4.21. The molecule has 0 radical (unpaired) electrons. The van der Waals surface area contributed by atoms with Crippen molar-refractivity contribution < 1.29 is 13.2 Å². The minimum absolute atomic E-state index is 0.242. The van der Waals surface area contributed by atoms with Gasteiger partial charge in [-0.25, -0.2) is 4.98 Å². The average molecular weight is 258 g/mol. The molecule has 0 saturated heterocycles. The number of aryl methyl sites for hydroxylation is 1. The van der Waals surface area contributed by atoms with Crippen LogP contribution in [0.4, 0.5) is 24.0 Å². The number of para-hydroxylation sites is 1. The second kappa shape index (κ2) is 4.37. The van der Waals surface area contributed by atoms with E-state index in [1.807, 2.05) is 25.1 Å². The Bertz CT molecular complexity index is 519. The van der Waals surface area contributed by atoms with Crippen molar-refractivity contribution in [2.45, 2.75) is 13.1 Å². The standard InChI is InChI=1S/C11H9F3N2S/c1-7-4-2-3-5-8(7)15-10-16-9(6-17-10)11(12,13)14/h2-6H,1H3,(H,15,16). The number of aromatic nitrogens is 1. The summed E-state index contributed by atoms with van der Waals surface area (Å²) in [5, 5.41) is 4.11. The molecule has 17 heavy (non-hydrogen) atoms. The molecule has 1 heterocycles. The molecule has 0 aliphatic heterocycles. The largest absolute Gasteiger partial charge is 0.434 e. The zero-order chi connectivity index (χ0) is 12.5. The summed E-state index contributed by atoms with van der Waals surface area (Å²) in [6.45, 7) is 1.88. The monoisotopic (exact) mass is 258 g/mol. The van der Waals surface area contributed by atoms with Gasteiger partial charge in [0, 0.05) is 11.1 Å². The van der Waals surface area contributed by atoms with Gasteiger partial charge in [0.2, 0.25) is 0 Å². The first-order valence-electron chi connectivity index (χ1n) is 4.82. The average Bonchev–Trinajstić information content (AvgIpc) is 2.69. The molecule has 0 atom stereocenters. The van der Waals surface area contributed by atoms with E-state index in [0.717, 1.165) is 28.0 Å². The van der Waals surface area contributed by atoms with Gasteiger partial charge in [-0.05, 0) is 18.6 Å². The van der Waals surface area contributed by atoms with Gasteiger partial charge >= 0.3 is 6.18 Å². The van der Waals surface area contributed by atoms with E-state index in [9.17, 15) is 13.2 Å². The normalized spacial score (nSPS) is 11.5. The van der Waals surface area contributed by atoms with Crippen molar-refractivity contribution in [1.82, 2.24) is 4.98 Å². The fraction of sp³-hybridized carbons (Fsp3) is 0.182. The van der Waals surface area contributed by atoms with E-state index in [-0.39, 0.29) is 5.13 Å². The second-order valence-electron chi connectivity index (χ2n) is 3.48. The summed E-state index contributed by atoms with van der Waals surface area (Å²) in [6.07, 6.45) is -4.39. The highest BCUT2D eigenvalue weighted by atomic mass is 32.1. The third-order valence-electron chi connectivity index (χ3n) is 2.18. The molecule has 1 N–H and O–H groups in total. The number of nitrogens with zero attached hydrogens (tertiary/aromatic N) is 1. The first-order valence-corrected chi connectivity index (χ1v) is 5.70. The fourth-order valence-electron chi connectivity index (χ4n) is 1.29. The molecule has 2 aromatic rings. The number of nitrogens with one attached hydrogen (secondary N) is 1. The quantitative estimate of drug-likeness (QED) is 0.872. The molecule has 0 aliphatic rings. The Morgan fingerprint density at radius 2 is 1.94 bits per heavy atom. The summed E-state index contributed by atoms with van der Waals surface area (Å²) in [5.74, 6) is 0. The molecule has 0 amide bonds. The lowest BCUT2D eigenvalue weighted by atomic mass is 10.2. The minimum Gasteiger partial charge on any atom is -0.331 e. The smallest absolute Gasteiger partial charge is 0.331 e. The summed E-state index contributed by atoms with van der Waals surface area (Å²) in [6, 6.07) is 7.35. The Morgan fingerprint density at radius 3 is 2.53 bits per heavy atom. The van der Waals surface area contributed by atoms with Gasteiger partial charge < -0.3 is 5.32 Å². The highest BCUT2D eigenvalue weighted by Crippen LogP contribution is 2.32. The van der Waals surface area contributed by atoms with E-state index in [4.69, 9.17) is 0 Å². The Kier molecular flexibility index (Phi) is 3.06. The van der Waals surface area contributed by atoms with Crippen LogP contribution in [0, 0.1) is 6.92 Å². The van der Waals surface area contributed by atoms with Gasteiger partial charge in [0.1, 0.15) is 0 Å². The first kappa shape index (κ1) is 11.9. The fourth-order valence-corrected chi connectivity index (χ4v) is 2.02. The summed E-state index contributed by atoms with van der Waals surface area (Å²) in [7, 11) is 0. The van der Waals surface area contributed by atoms with Crippen LogP contribution in [0.3, 0.4) is 0 Å². The Morgan fingerprint density at radius 1 is 1.24 bits per heavy atom. The molecule has 2 rings (SSSR count). The lowest BCUT2D eigenvalue weighted by Gasteiger charge is -2.05. The lowest BCUT2D eigenvalue weighted by Crippen LogP contribution is -2.05. The first-order chi connectivity index (χ1) is 7.97. The number of halogens is 3. The number of benzene rings is 1. The van der Waals surface area contributed by atoms with E-state index >= 15 is 0 Å². The molecular formula is C11H9F3N2S. The maximum atomic E-state index is 12.3. The Balaban J connectivity index is 2.21. The van der Waals surface area contributed by atoms with E-state index in [1.165, 1.54) is 0 Å². The maximum Gasteiger partial charge on any atom is 0.434 e. The van der Waals surface area contributed by atoms with Crippen LogP contribution in [-0.4, -0.2) is 4.98 Å². The number of alkyl halides is 3. The van der Waals surface area contributed by atoms with E-state index in [2.05, 4.69) is 10.3 Å². The molecule has 0 fully saturated rings. The number of rotatable bonds is 2. The van der Waals surface area contributed by atoms with Crippen molar-refractivity contribution in [3.63, 3.8) is 0 Å². The third kappa shape index (κ3) is 2.76. The number of hydrogen-bond donors (Lipinski definition) is 1. The van der Waals surface area contributed by atoms with E-state index in [1.54, 1.807) is 6.07 Å². The van der Waals surface area contributed by atoms with Crippen LogP contribution in [0.15, 0.2) is 29.6 Å². The molecular weight excluding hydrogens is 249 g/mol. The molecule has 6 heteroatoms. The minimum atomic E-state index is -4.39. The highest BCUT2D eigenvalue weighted by molar-refractivity contribution is 7.13. The number of anilines is 2. The summed E-state index contributed by atoms with van der Waals surface area (Å²) in [5.41, 5.74) is 0.852. The van der Waals surface area contributed by atoms with E-state index in [0.29, 0.717) is 0 Å². The highest BCUT2D eigenvalue weighted by Gasteiger charge is 2.33. The topological polar surface area (TPSA) is 24.9 Å². The molecule has 90 valence electrons. The van der Waals surface area contributed by atoms with Gasteiger partial charge in [0.25, 0.3) is 0 Å². The molecule has 2 nitrogen and oxygen atoms in total. The van der Waals surface area contributed by atoms with Gasteiger partial charge in [-0.3, -0.25) is 0 Å². The third-order valence-corrected chi connectivity index (χ3v) is 2.94. The zero-order valence-corrected chi connectivity index (χ0v) is 9.69. The van der Waals surface area contributed by atoms with Crippen LogP contribution >= 0.6 is 11.3 Å². The van der Waals surface area contributed by atoms with Crippen LogP contribution in [0.25, 0.3) is 0 Å². The number of hydrogen-bond acceptors (Lipinski definition) is 3. The zero-order valence-electron chi connectivity index (χ0n) is 8.88. The molecule has 0 saturated carbocycles. The molecule has 0 spiro atoms. The van der Waals surface area contributed by atoms with Crippen molar-refractivity contribution in [1.29, 1.82) is 0 Å². The van der Waals surface area contributed by atoms with Crippen LogP contribution < -0.4 is 5.32 Å². The van der Waals surface area contributed by atoms with Crippen LogP contribution in [0.5, 0.6) is 0 Å². The lowest BCUT2D eigenvalue weighted by molar-refractivity contribution is -0.140. The molecule has 1 aromatic heterocycles. The SMILES string of the molecule is Cc1ccccc1Nc1nc(C(F)(F)F)cs1. The molecule has 0 unspecified atom stereocenters. The van der Waals surface area contributed by atoms with Crippen molar-refractivity contribution >= 4 is 22.2 Å². The van der Waals surface area contributed by atoms with Crippen molar-refractivity contribution in [3.8, 4) is 0 Å². The molecule has 1 aromatic carbocycles. The number of thiazole rings is 1. The maximum absolute atomic E-state index is 12.3. The molecule has 0 bridgehead atoms. The van der Waals surface area contributed by atoms with Crippen LogP contribution in [0.2, 0.25) is 0 Å². The van der Waals surface area contributed by atoms with Gasteiger partial charge in [-0.1, -0.05) is 18.2 Å². The molecule has 0 aliphatic carbocycles. The van der Waals surface area contributed by atoms with Crippen molar-refractivity contribution in [3.05, 3.63) is 40.9 Å². The summed E-state index contributed by atoms with van der Waals surface area (Å²) in [4.78, 5) is 3.50. The second-order valence-corrected chi connectivity index (χ2v) is 4.33. The van der Waals surface area contributed by atoms with Gasteiger partial charge in [0.15, 0.2) is 10.8 Å². The predicted molar refractivity (Wildman–Crippen MR) is 61.6 cm³/mol.